The largest absolute Gasteiger partial charge is 0.546 e. The first-order valence-corrected chi connectivity index (χ1v) is 9.92. The van der Waals surface area contributed by atoms with Crippen molar-refractivity contribution in [2.45, 2.75) is 38.9 Å². The molecule has 0 spiro atoms. The van der Waals surface area contributed by atoms with Gasteiger partial charge in [-0.25, -0.2) is 9.97 Å². The Morgan fingerprint density at radius 3 is 1.90 bits per heavy atom. The van der Waals surface area contributed by atoms with Crippen molar-refractivity contribution in [3.8, 4) is 6.01 Å². The molecule has 0 fully saturated rings. The number of nitrogens with zero attached hydrogens (tertiary/aromatic N) is 2. The van der Waals surface area contributed by atoms with Gasteiger partial charge in [0.15, 0.2) is 11.7 Å². The van der Waals surface area contributed by atoms with E-state index < -0.39 is 17.7 Å². The monoisotopic (exact) mass is 405 g/mol. The van der Waals surface area contributed by atoms with Crippen molar-refractivity contribution in [2.75, 3.05) is 6.61 Å². The molecule has 0 aliphatic heterocycles. The first-order valence-electron chi connectivity index (χ1n) is 9.92. The van der Waals surface area contributed by atoms with Gasteiger partial charge in [0, 0.05) is 18.0 Å². The third kappa shape index (κ3) is 4.49. The zero-order valence-corrected chi connectivity index (χ0v) is 17.4. The van der Waals surface area contributed by atoms with Crippen LogP contribution in [0.5, 0.6) is 6.01 Å². The van der Waals surface area contributed by atoms with Gasteiger partial charge in [0.05, 0.1) is 5.97 Å². The number of hydrogen-bond acceptors (Lipinski definition) is 6. The number of carbonyl (C=O) groups excluding carboxylic acids is 1. The normalized spacial score (nSPS) is 12.4. The molecule has 3 rings (SSSR count). The van der Waals surface area contributed by atoms with Crippen LogP contribution in [0.1, 0.15) is 35.9 Å². The van der Waals surface area contributed by atoms with Crippen LogP contribution < -0.4 is 9.84 Å². The molecule has 0 radical (unpaired) electrons. The molecule has 6 heteroatoms. The van der Waals surface area contributed by atoms with Crippen molar-refractivity contribution in [1.29, 1.82) is 0 Å². The van der Waals surface area contributed by atoms with E-state index in [0.29, 0.717) is 35.5 Å². The van der Waals surface area contributed by atoms with Gasteiger partial charge >= 0.3 is 6.01 Å². The highest BCUT2D eigenvalue weighted by Gasteiger charge is 2.46. The highest BCUT2D eigenvalue weighted by Crippen LogP contribution is 2.39. The van der Waals surface area contributed by atoms with Crippen LogP contribution in [-0.4, -0.2) is 28.6 Å². The maximum atomic E-state index is 12.5. The molecule has 0 saturated carbocycles. The lowest BCUT2D eigenvalue weighted by atomic mass is 9.81. The van der Waals surface area contributed by atoms with Crippen molar-refractivity contribution >= 4 is 5.97 Å². The zero-order valence-electron chi connectivity index (χ0n) is 17.4. The topological polar surface area (TPSA) is 84.4 Å². The molecule has 3 aromatic rings. The van der Waals surface area contributed by atoms with Gasteiger partial charge in [-0.05, 0) is 37.5 Å². The zero-order chi connectivity index (χ0) is 21.6. The van der Waals surface area contributed by atoms with Gasteiger partial charge in [-0.1, -0.05) is 67.6 Å². The van der Waals surface area contributed by atoms with E-state index in [9.17, 15) is 9.90 Å². The average Bonchev–Trinajstić information content (AvgIpc) is 2.74. The summed E-state index contributed by atoms with van der Waals surface area (Å²) in [6.45, 7) is 5.88. The fourth-order valence-electron chi connectivity index (χ4n) is 3.50. The maximum Gasteiger partial charge on any atom is 0.317 e. The highest BCUT2D eigenvalue weighted by atomic mass is 16.6. The smallest absolute Gasteiger partial charge is 0.317 e. The van der Waals surface area contributed by atoms with Crippen LogP contribution in [0.2, 0.25) is 0 Å². The standard InChI is InChI=1S/C24H26N2O4/c1-4-15-29-24(19-11-7-5-8-12-19,20-13-9-6-10-14-20)21(22(27)28)30-23-25-17(2)16-18(3)26-23/h5-14,16,21H,4,15H2,1-3H3,(H,27,28)/p-1/t21-/m0/s1. The number of rotatable bonds is 9. The molecule has 1 atom stereocenters. The summed E-state index contributed by atoms with van der Waals surface area (Å²) in [6, 6.07) is 20.1. The Labute approximate surface area is 176 Å². The molecule has 6 nitrogen and oxygen atoms in total. The number of aryl methyl sites for hydroxylation is 2. The van der Waals surface area contributed by atoms with E-state index in [2.05, 4.69) is 9.97 Å². The molecular weight excluding hydrogens is 380 g/mol. The molecule has 156 valence electrons. The lowest BCUT2D eigenvalue weighted by Crippen LogP contribution is -2.56. The lowest BCUT2D eigenvalue weighted by molar-refractivity contribution is -0.321. The van der Waals surface area contributed by atoms with Gasteiger partial charge in [-0.2, -0.15) is 0 Å². The molecule has 0 unspecified atom stereocenters. The number of carbonyl (C=O) groups is 1. The average molecular weight is 405 g/mol. The SMILES string of the molecule is CCCOC(c1ccccc1)(c1ccccc1)[C@@H](Oc1nc(C)cc(C)n1)C(=O)[O-]. The van der Waals surface area contributed by atoms with Gasteiger partial charge in [0.2, 0.25) is 0 Å². The van der Waals surface area contributed by atoms with Gasteiger partial charge in [0.25, 0.3) is 0 Å². The number of hydrogen-bond donors (Lipinski definition) is 0. The van der Waals surface area contributed by atoms with Gasteiger partial charge in [-0.15, -0.1) is 0 Å². The molecule has 2 aromatic carbocycles. The Morgan fingerprint density at radius 2 is 1.47 bits per heavy atom. The minimum atomic E-state index is -1.52. The van der Waals surface area contributed by atoms with Crippen LogP contribution in [0.3, 0.4) is 0 Å². The summed E-state index contributed by atoms with van der Waals surface area (Å²) in [4.78, 5) is 21.0. The molecule has 1 heterocycles. The van der Waals surface area contributed by atoms with Crippen LogP contribution in [-0.2, 0) is 15.1 Å². The molecule has 1 aromatic heterocycles. The van der Waals surface area contributed by atoms with Gasteiger partial charge in [0.1, 0.15) is 0 Å². The molecule has 0 saturated heterocycles. The predicted octanol–water partition coefficient (Wildman–Crippen LogP) is 2.96. The summed E-state index contributed by atoms with van der Waals surface area (Å²) >= 11 is 0. The van der Waals surface area contributed by atoms with Crippen LogP contribution in [0.15, 0.2) is 66.7 Å². The Bertz CT molecular complexity index is 917. The summed E-state index contributed by atoms with van der Waals surface area (Å²) in [7, 11) is 0. The predicted molar refractivity (Wildman–Crippen MR) is 111 cm³/mol. The number of ether oxygens (including phenoxy) is 2. The first-order chi connectivity index (χ1) is 14.5. The minimum absolute atomic E-state index is 0.0296. The highest BCUT2D eigenvalue weighted by molar-refractivity contribution is 5.74. The van der Waals surface area contributed by atoms with Crippen molar-refractivity contribution < 1.29 is 19.4 Å². The van der Waals surface area contributed by atoms with E-state index in [1.165, 1.54) is 0 Å². The number of aliphatic carboxylic acids is 1. The second-order valence-corrected chi connectivity index (χ2v) is 7.07. The van der Waals surface area contributed by atoms with Gasteiger partial charge in [-0.3, -0.25) is 0 Å². The van der Waals surface area contributed by atoms with Gasteiger partial charge < -0.3 is 19.4 Å². The molecule has 30 heavy (non-hydrogen) atoms. The number of carboxylic acid groups (broad SMARTS) is 1. The Morgan fingerprint density at radius 1 is 0.967 bits per heavy atom. The maximum absolute atomic E-state index is 12.5. The fraction of sp³-hybridized carbons (Fsp3) is 0.292. The molecule has 0 bridgehead atoms. The molecule has 0 aliphatic carbocycles. The van der Waals surface area contributed by atoms with Crippen molar-refractivity contribution in [3.05, 3.63) is 89.2 Å². The quantitative estimate of drug-likeness (QED) is 0.544. The third-order valence-electron chi connectivity index (χ3n) is 4.71. The van der Waals surface area contributed by atoms with Crippen molar-refractivity contribution in [1.82, 2.24) is 9.97 Å². The molecule has 0 N–H and O–H groups in total. The summed E-state index contributed by atoms with van der Waals surface area (Å²) < 4.78 is 12.2. The lowest BCUT2D eigenvalue weighted by Gasteiger charge is -2.41. The number of benzene rings is 2. The van der Waals surface area contributed by atoms with Crippen LogP contribution in [0.4, 0.5) is 0 Å². The number of carboxylic acids is 1. The van der Waals surface area contributed by atoms with Crippen LogP contribution in [0, 0.1) is 13.8 Å². The second-order valence-electron chi connectivity index (χ2n) is 7.07. The summed E-state index contributed by atoms with van der Waals surface area (Å²) in [5.74, 6) is -1.42. The summed E-state index contributed by atoms with van der Waals surface area (Å²) in [6.07, 6.45) is -0.823. The van der Waals surface area contributed by atoms with E-state index in [4.69, 9.17) is 9.47 Å². The van der Waals surface area contributed by atoms with E-state index in [-0.39, 0.29) is 6.01 Å². The third-order valence-corrected chi connectivity index (χ3v) is 4.71. The minimum Gasteiger partial charge on any atom is -0.546 e. The van der Waals surface area contributed by atoms with Crippen LogP contribution >= 0.6 is 0 Å². The van der Waals surface area contributed by atoms with Crippen molar-refractivity contribution in [3.63, 3.8) is 0 Å². The van der Waals surface area contributed by atoms with E-state index >= 15 is 0 Å². The number of aromatic nitrogens is 2. The molecular formula is C24H25N2O4-. The summed E-state index contributed by atoms with van der Waals surface area (Å²) in [5, 5.41) is 12.5. The molecule has 0 amide bonds. The molecule has 0 aliphatic rings. The Kier molecular flexibility index (Phi) is 6.79. The van der Waals surface area contributed by atoms with E-state index in [1.54, 1.807) is 19.9 Å². The van der Waals surface area contributed by atoms with Crippen LogP contribution in [0.25, 0.3) is 0 Å². The van der Waals surface area contributed by atoms with Crippen molar-refractivity contribution in [2.24, 2.45) is 0 Å². The first kappa shape index (κ1) is 21.5. The summed E-state index contributed by atoms with van der Waals surface area (Å²) in [5.41, 5.74) is 1.19. The Hall–Kier alpha value is -3.25. The van der Waals surface area contributed by atoms with E-state index in [0.717, 1.165) is 0 Å². The fourth-order valence-corrected chi connectivity index (χ4v) is 3.50. The second kappa shape index (κ2) is 9.50. The van der Waals surface area contributed by atoms with E-state index in [1.807, 2.05) is 67.6 Å². The Balaban J connectivity index is 2.22.